The third-order valence-electron chi connectivity index (χ3n) is 4.23. The van der Waals surface area contributed by atoms with Gasteiger partial charge in [0.2, 0.25) is 0 Å². The van der Waals surface area contributed by atoms with Gasteiger partial charge in [0.1, 0.15) is 5.69 Å². The zero-order valence-electron chi connectivity index (χ0n) is 16.5. The van der Waals surface area contributed by atoms with Crippen molar-refractivity contribution in [1.82, 2.24) is 4.98 Å². The number of carbonyl (C=O) groups excluding carboxylic acids is 2. The summed E-state index contributed by atoms with van der Waals surface area (Å²) < 4.78 is 4.68. The molecule has 0 saturated heterocycles. The van der Waals surface area contributed by atoms with E-state index in [2.05, 4.69) is 20.4 Å². The largest absolute Gasteiger partial charge is 0.465 e. The number of amides is 1. The maximum atomic E-state index is 12.4. The van der Waals surface area contributed by atoms with E-state index in [1.807, 2.05) is 43.3 Å². The van der Waals surface area contributed by atoms with E-state index in [4.69, 9.17) is 0 Å². The van der Waals surface area contributed by atoms with E-state index in [0.717, 1.165) is 17.1 Å². The van der Waals surface area contributed by atoms with Crippen LogP contribution in [0.15, 0.2) is 66.9 Å². The third kappa shape index (κ3) is 5.10. The van der Waals surface area contributed by atoms with Crippen LogP contribution in [0.25, 0.3) is 0 Å². The quantitative estimate of drug-likeness (QED) is 0.621. The van der Waals surface area contributed by atoms with Crippen molar-refractivity contribution in [3.05, 3.63) is 78.1 Å². The van der Waals surface area contributed by atoms with Crippen LogP contribution in [0, 0.1) is 0 Å². The van der Waals surface area contributed by atoms with Crippen molar-refractivity contribution in [1.29, 1.82) is 0 Å². The summed E-state index contributed by atoms with van der Waals surface area (Å²) in [6.07, 6.45) is 1.58. The fraction of sp³-hybridized carbons (Fsp3) is 0.136. The molecule has 7 nitrogen and oxygen atoms in total. The lowest BCUT2D eigenvalue weighted by Gasteiger charge is -2.13. The molecule has 3 aromatic rings. The Morgan fingerprint density at radius 3 is 2.03 bits per heavy atom. The minimum Gasteiger partial charge on any atom is -0.465 e. The summed E-state index contributed by atoms with van der Waals surface area (Å²) in [4.78, 5) is 30.1. The topological polar surface area (TPSA) is 83.6 Å². The molecule has 29 heavy (non-hydrogen) atoms. The molecular weight excluding hydrogens is 368 g/mol. The summed E-state index contributed by atoms with van der Waals surface area (Å²) in [5, 5.41) is 6.00. The Balaban J connectivity index is 1.61. The number of aromatic nitrogens is 1. The highest BCUT2D eigenvalue weighted by molar-refractivity contribution is 6.03. The van der Waals surface area contributed by atoms with Crippen LogP contribution >= 0.6 is 0 Å². The lowest BCUT2D eigenvalue weighted by Crippen LogP contribution is -2.14. The molecule has 0 fully saturated rings. The van der Waals surface area contributed by atoms with Gasteiger partial charge in [0.25, 0.3) is 5.91 Å². The number of pyridine rings is 1. The Kier molecular flexibility index (Phi) is 6.09. The second-order valence-corrected chi connectivity index (χ2v) is 6.52. The number of rotatable bonds is 6. The summed E-state index contributed by atoms with van der Waals surface area (Å²) in [5.41, 5.74) is 4.06. The molecule has 1 aromatic heterocycles. The van der Waals surface area contributed by atoms with Gasteiger partial charge in [-0.15, -0.1) is 0 Å². The predicted octanol–water partition coefficient (Wildman–Crippen LogP) is 3.93. The molecule has 0 aliphatic heterocycles. The Labute approximate surface area is 169 Å². The molecule has 0 bridgehead atoms. The second-order valence-electron chi connectivity index (χ2n) is 6.52. The van der Waals surface area contributed by atoms with Crippen LogP contribution in [0.2, 0.25) is 0 Å². The van der Waals surface area contributed by atoms with Crippen LogP contribution in [0.4, 0.5) is 22.7 Å². The standard InChI is InChI=1S/C22H22N4O3/c1-26(2)19-11-8-17(9-12-19)25-21(27)20-13-10-18(14-23-20)24-16-6-4-15(5-7-16)22(28)29-3/h4-14,24H,1-3H3,(H,25,27). The lowest BCUT2D eigenvalue weighted by atomic mass is 10.2. The Morgan fingerprint density at radius 2 is 1.48 bits per heavy atom. The molecule has 2 N–H and O–H groups in total. The smallest absolute Gasteiger partial charge is 0.337 e. The summed E-state index contributed by atoms with van der Waals surface area (Å²) in [7, 11) is 5.26. The number of benzene rings is 2. The van der Waals surface area contributed by atoms with Crippen LogP contribution in [0.1, 0.15) is 20.8 Å². The second kappa shape index (κ2) is 8.88. The van der Waals surface area contributed by atoms with E-state index in [1.165, 1.54) is 7.11 Å². The van der Waals surface area contributed by atoms with Gasteiger partial charge in [0.15, 0.2) is 0 Å². The van der Waals surface area contributed by atoms with Crippen molar-refractivity contribution in [2.75, 3.05) is 36.7 Å². The average molecular weight is 390 g/mol. The first kappa shape index (κ1) is 19.9. The van der Waals surface area contributed by atoms with Gasteiger partial charge in [-0.3, -0.25) is 4.79 Å². The molecule has 0 spiro atoms. The van der Waals surface area contributed by atoms with Crippen molar-refractivity contribution in [2.24, 2.45) is 0 Å². The van der Waals surface area contributed by atoms with Gasteiger partial charge >= 0.3 is 5.97 Å². The highest BCUT2D eigenvalue weighted by atomic mass is 16.5. The molecule has 1 heterocycles. The van der Waals surface area contributed by atoms with Crippen molar-refractivity contribution in [2.45, 2.75) is 0 Å². The molecule has 0 radical (unpaired) electrons. The number of nitrogens with one attached hydrogen (secondary N) is 2. The summed E-state index contributed by atoms with van der Waals surface area (Å²) >= 11 is 0. The molecule has 2 aromatic carbocycles. The molecule has 0 aliphatic rings. The molecule has 7 heteroatoms. The van der Waals surface area contributed by atoms with Crippen molar-refractivity contribution >= 4 is 34.6 Å². The number of anilines is 4. The summed E-state index contributed by atoms with van der Waals surface area (Å²) in [5.74, 6) is -0.665. The van der Waals surface area contributed by atoms with Crippen LogP contribution in [-0.2, 0) is 4.74 Å². The van der Waals surface area contributed by atoms with Gasteiger partial charge in [-0.05, 0) is 60.7 Å². The van der Waals surface area contributed by atoms with E-state index in [-0.39, 0.29) is 11.9 Å². The highest BCUT2D eigenvalue weighted by Crippen LogP contribution is 2.19. The average Bonchev–Trinajstić information content (AvgIpc) is 2.74. The maximum absolute atomic E-state index is 12.4. The number of hydrogen-bond acceptors (Lipinski definition) is 6. The van der Waals surface area contributed by atoms with E-state index >= 15 is 0 Å². The third-order valence-corrected chi connectivity index (χ3v) is 4.23. The molecule has 0 atom stereocenters. The van der Waals surface area contributed by atoms with E-state index < -0.39 is 0 Å². The SMILES string of the molecule is COC(=O)c1ccc(Nc2ccc(C(=O)Nc3ccc(N(C)C)cc3)nc2)cc1. The molecule has 0 aliphatic carbocycles. The van der Waals surface area contributed by atoms with Gasteiger partial charge in [0.05, 0.1) is 24.6 Å². The number of ether oxygens (including phenoxy) is 1. The number of nitrogens with zero attached hydrogens (tertiary/aromatic N) is 2. The molecule has 0 unspecified atom stereocenters. The van der Waals surface area contributed by atoms with Gasteiger partial charge in [-0.1, -0.05) is 0 Å². The van der Waals surface area contributed by atoms with Crippen LogP contribution in [0.5, 0.6) is 0 Å². The Bertz CT molecular complexity index is 982. The van der Waals surface area contributed by atoms with E-state index in [0.29, 0.717) is 16.9 Å². The summed E-state index contributed by atoms with van der Waals surface area (Å²) in [6.45, 7) is 0. The van der Waals surface area contributed by atoms with Crippen LogP contribution in [-0.4, -0.2) is 38.1 Å². The zero-order valence-corrected chi connectivity index (χ0v) is 16.5. The van der Waals surface area contributed by atoms with Crippen LogP contribution in [0.3, 0.4) is 0 Å². The first-order valence-corrected chi connectivity index (χ1v) is 8.96. The molecule has 0 saturated carbocycles. The maximum Gasteiger partial charge on any atom is 0.337 e. The zero-order chi connectivity index (χ0) is 20.8. The van der Waals surface area contributed by atoms with Crippen molar-refractivity contribution < 1.29 is 14.3 Å². The van der Waals surface area contributed by atoms with E-state index in [9.17, 15) is 9.59 Å². The van der Waals surface area contributed by atoms with Gasteiger partial charge in [-0.2, -0.15) is 0 Å². The fourth-order valence-electron chi connectivity index (χ4n) is 2.61. The Hall–Kier alpha value is -3.87. The van der Waals surface area contributed by atoms with Crippen LogP contribution < -0.4 is 15.5 Å². The molecule has 148 valence electrons. The number of methoxy groups -OCH3 is 1. The number of carbonyl (C=O) groups is 2. The number of esters is 1. The highest BCUT2D eigenvalue weighted by Gasteiger charge is 2.09. The predicted molar refractivity (Wildman–Crippen MR) is 114 cm³/mol. The van der Waals surface area contributed by atoms with Gasteiger partial charge in [-0.25, -0.2) is 9.78 Å². The van der Waals surface area contributed by atoms with Crippen molar-refractivity contribution in [3.63, 3.8) is 0 Å². The monoisotopic (exact) mass is 390 g/mol. The van der Waals surface area contributed by atoms with Crippen molar-refractivity contribution in [3.8, 4) is 0 Å². The normalized spacial score (nSPS) is 10.2. The fourth-order valence-corrected chi connectivity index (χ4v) is 2.61. The number of hydrogen-bond donors (Lipinski definition) is 2. The lowest BCUT2D eigenvalue weighted by molar-refractivity contribution is 0.0600. The van der Waals surface area contributed by atoms with Gasteiger partial charge in [0, 0.05) is 31.2 Å². The van der Waals surface area contributed by atoms with E-state index in [1.54, 1.807) is 42.6 Å². The first-order valence-electron chi connectivity index (χ1n) is 8.96. The molecular formula is C22H22N4O3. The molecule has 1 amide bonds. The first-order chi connectivity index (χ1) is 14.0. The Morgan fingerprint density at radius 1 is 0.862 bits per heavy atom. The minimum absolute atomic E-state index is 0.281. The summed E-state index contributed by atoms with van der Waals surface area (Å²) in [6, 6.07) is 17.9. The molecule has 3 rings (SSSR count). The van der Waals surface area contributed by atoms with Gasteiger partial charge < -0.3 is 20.3 Å². The minimum atomic E-state index is -0.384.